The average Bonchev–Trinajstić information content (AvgIpc) is 2.70. The fraction of sp³-hybridized carbons (Fsp3) is 0.429. The largest absolute Gasteiger partial charge is 0.343 e. The molecule has 3 heterocycles. The lowest BCUT2D eigenvalue weighted by Gasteiger charge is -2.38. The minimum atomic E-state index is 0.281. The van der Waals surface area contributed by atoms with Gasteiger partial charge < -0.3 is 9.88 Å². The molecule has 1 saturated heterocycles. The smallest absolute Gasteiger partial charge is 0.222 e. The van der Waals surface area contributed by atoms with Crippen LogP contribution in [0.4, 0.5) is 0 Å². The molecule has 0 atom stereocenters. The van der Waals surface area contributed by atoms with E-state index < -0.39 is 0 Å². The van der Waals surface area contributed by atoms with Crippen molar-refractivity contribution in [3.63, 3.8) is 0 Å². The second-order valence-electron chi connectivity index (χ2n) is 4.91. The van der Waals surface area contributed by atoms with Crippen LogP contribution in [0.15, 0.2) is 24.4 Å². The van der Waals surface area contributed by atoms with E-state index in [-0.39, 0.29) is 5.91 Å². The maximum atomic E-state index is 11.7. The van der Waals surface area contributed by atoms with Crippen LogP contribution in [0.1, 0.15) is 31.4 Å². The predicted octanol–water partition coefficient (Wildman–Crippen LogP) is 2.29. The molecule has 0 saturated carbocycles. The van der Waals surface area contributed by atoms with E-state index in [2.05, 4.69) is 22.1 Å². The number of rotatable bonds is 3. The lowest BCUT2D eigenvalue weighted by Crippen LogP contribution is -2.48. The maximum absolute atomic E-state index is 11.7. The molecule has 0 spiro atoms. The fourth-order valence-corrected chi connectivity index (χ4v) is 2.45. The van der Waals surface area contributed by atoms with Gasteiger partial charge in [0.1, 0.15) is 5.65 Å². The first kappa shape index (κ1) is 11.3. The Labute approximate surface area is 106 Å². The van der Waals surface area contributed by atoms with Crippen molar-refractivity contribution in [2.75, 3.05) is 13.1 Å². The third-order valence-electron chi connectivity index (χ3n) is 3.55. The second-order valence-corrected chi connectivity index (χ2v) is 4.91. The van der Waals surface area contributed by atoms with E-state index in [9.17, 15) is 4.79 Å². The Kier molecular flexibility index (Phi) is 2.78. The molecule has 0 radical (unpaired) electrons. The zero-order valence-corrected chi connectivity index (χ0v) is 10.5. The van der Waals surface area contributed by atoms with E-state index in [0.29, 0.717) is 12.3 Å². The third-order valence-corrected chi connectivity index (χ3v) is 3.55. The van der Waals surface area contributed by atoms with E-state index in [0.717, 1.165) is 30.5 Å². The van der Waals surface area contributed by atoms with Gasteiger partial charge in [0, 0.05) is 42.7 Å². The number of aromatic nitrogens is 2. The highest BCUT2D eigenvalue weighted by Gasteiger charge is 2.32. The van der Waals surface area contributed by atoms with Crippen molar-refractivity contribution in [3.05, 3.63) is 30.1 Å². The van der Waals surface area contributed by atoms with Crippen LogP contribution in [0.5, 0.6) is 0 Å². The summed E-state index contributed by atoms with van der Waals surface area (Å²) in [5.74, 6) is 0.725. The molecular formula is C14H17N3O. The van der Waals surface area contributed by atoms with Gasteiger partial charge in [0.15, 0.2) is 0 Å². The second kappa shape index (κ2) is 4.44. The van der Waals surface area contributed by atoms with E-state index in [1.165, 1.54) is 5.69 Å². The van der Waals surface area contributed by atoms with Crippen molar-refractivity contribution in [2.45, 2.75) is 25.7 Å². The molecule has 1 N–H and O–H groups in total. The fourth-order valence-electron chi connectivity index (χ4n) is 2.45. The van der Waals surface area contributed by atoms with E-state index in [4.69, 9.17) is 0 Å². The van der Waals surface area contributed by atoms with Crippen LogP contribution in [0.3, 0.4) is 0 Å². The van der Waals surface area contributed by atoms with Crippen molar-refractivity contribution < 1.29 is 4.79 Å². The summed E-state index contributed by atoms with van der Waals surface area (Å²) in [5, 5.41) is 1.14. The predicted molar refractivity (Wildman–Crippen MR) is 70.3 cm³/mol. The number of likely N-dealkylation sites (tertiary alicyclic amines) is 1. The number of hydrogen-bond acceptors (Lipinski definition) is 2. The highest BCUT2D eigenvalue weighted by atomic mass is 16.2. The van der Waals surface area contributed by atoms with Gasteiger partial charge in [-0.2, -0.15) is 0 Å². The van der Waals surface area contributed by atoms with Crippen molar-refractivity contribution in [2.24, 2.45) is 0 Å². The van der Waals surface area contributed by atoms with Crippen LogP contribution in [0.25, 0.3) is 11.0 Å². The summed E-state index contributed by atoms with van der Waals surface area (Å²) in [7, 11) is 0. The summed E-state index contributed by atoms with van der Waals surface area (Å²) in [5.41, 5.74) is 2.13. The maximum Gasteiger partial charge on any atom is 0.222 e. The monoisotopic (exact) mass is 243 g/mol. The van der Waals surface area contributed by atoms with Crippen LogP contribution < -0.4 is 0 Å². The molecule has 1 aliphatic heterocycles. The lowest BCUT2D eigenvalue weighted by molar-refractivity contribution is -0.135. The Morgan fingerprint density at radius 2 is 2.39 bits per heavy atom. The first-order valence-electron chi connectivity index (χ1n) is 6.49. The molecule has 0 aliphatic carbocycles. The number of nitrogens with zero attached hydrogens (tertiary/aromatic N) is 2. The van der Waals surface area contributed by atoms with E-state index in [1.54, 1.807) is 6.20 Å². The SMILES string of the molecule is CCCC(=O)N1CC(c2cc3cccnc3[nH]2)C1. The van der Waals surface area contributed by atoms with Crippen molar-refractivity contribution in [1.82, 2.24) is 14.9 Å². The standard InChI is InChI=1S/C14H17N3O/c1-2-4-13(18)17-8-11(9-17)12-7-10-5-3-6-15-14(10)16-12/h3,5-7,11H,2,4,8-9H2,1H3,(H,15,16). The van der Waals surface area contributed by atoms with Crippen LogP contribution >= 0.6 is 0 Å². The summed E-state index contributed by atoms with van der Waals surface area (Å²) in [6.07, 6.45) is 3.39. The number of nitrogens with one attached hydrogen (secondary N) is 1. The summed E-state index contributed by atoms with van der Waals surface area (Å²) < 4.78 is 0. The first-order valence-corrected chi connectivity index (χ1v) is 6.49. The molecule has 0 aromatic carbocycles. The summed E-state index contributed by atoms with van der Waals surface area (Å²) in [6.45, 7) is 3.72. The van der Waals surface area contributed by atoms with Crippen LogP contribution in [-0.4, -0.2) is 33.9 Å². The van der Waals surface area contributed by atoms with Crippen molar-refractivity contribution in [1.29, 1.82) is 0 Å². The lowest BCUT2D eigenvalue weighted by atomic mass is 9.96. The topological polar surface area (TPSA) is 49.0 Å². The zero-order valence-electron chi connectivity index (χ0n) is 10.5. The van der Waals surface area contributed by atoms with Gasteiger partial charge in [-0.25, -0.2) is 4.98 Å². The third kappa shape index (κ3) is 1.88. The van der Waals surface area contributed by atoms with Crippen molar-refractivity contribution in [3.8, 4) is 0 Å². The van der Waals surface area contributed by atoms with Gasteiger partial charge in [-0.15, -0.1) is 0 Å². The molecule has 18 heavy (non-hydrogen) atoms. The summed E-state index contributed by atoms with van der Waals surface area (Å²) in [6, 6.07) is 6.15. The van der Waals surface area contributed by atoms with Gasteiger partial charge in [-0.3, -0.25) is 4.79 Å². The number of carbonyl (C=O) groups is 1. The van der Waals surface area contributed by atoms with Crippen LogP contribution in [0, 0.1) is 0 Å². The highest BCUT2D eigenvalue weighted by Crippen LogP contribution is 2.28. The number of amides is 1. The molecule has 1 aliphatic rings. The number of pyridine rings is 1. The molecule has 2 aromatic heterocycles. The highest BCUT2D eigenvalue weighted by molar-refractivity contribution is 5.78. The molecule has 1 fully saturated rings. The van der Waals surface area contributed by atoms with Gasteiger partial charge in [0.2, 0.25) is 5.91 Å². The Hall–Kier alpha value is -1.84. The summed E-state index contributed by atoms with van der Waals surface area (Å²) in [4.78, 5) is 21.2. The molecule has 0 bridgehead atoms. The Bertz CT molecular complexity index is 536. The number of aromatic amines is 1. The Morgan fingerprint density at radius 3 is 3.11 bits per heavy atom. The number of fused-ring (bicyclic) bond motifs is 1. The quantitative estimate of drug-likeness (QED) is 0.899. The molecule has 4 nitrogen and oxygen atoms in total. The average molecular weight is 243 g/mol. The minimum Gasteiger partial charge on any atom is -0.343 e. The van der Waals surface area contributed by atoms with Gasteiger partial charge in [0.05, 0.1) is 0 Å². The molecule has 0 unspecified atom stereocenters. The van der Waals surface area contributed by atoms with Gasteiger partial charge in [0.25, 0.3) is 0 Å². The van der Waals surface area contributed by atoms with Crippen LogP contribution in [-0.2, 0) is 4.79 Å². The first-order chi connectivity index (χ1) is 8.78. The Balaban J connectivity index is 1.69. The Morgan fingerprint density at radius 1 is 1.56 bits per heavy atom. The normalized spacial score (nSPS) is 15.9. The molecule has 1 amide bonds. The van der Waals surface area contributed by atoms with Gasteiger partial charge in [-0.1, -0.05) is 6.92 Å². The van der Waals surface area contributed by atoms with Crippen molar-refractivity contribution >= 4 is 16.9 Å². The summed E-state index contributed by atoms with van der Waals surface area (Å²) >= 11 is 0. The van der Waals surface area contributed by atoms with E-state index in [1.807, 2.05) is 17.9 Å². The number of H-pyrrole nitrogens is 1. The molecule has 3 rings (SSSR count). The zero-order chi connectivity index (χ0) is 12.5. The molecule has 4 heteroatoms. The molecule has 94 valence electrons. The molecule has 2 aromatic rings. The molecular weight excluding hydrogens is 226 g/mol. The van der Waals surface area contributed by atoms with Crippen LogP contribution in [0.2, 0.25) is 0 Å². The van der Waals surface area contributed by atoms with Gasteiger partial charge in [-0.05, 0) is 24.6 Å². The van der Waals surface area contributed by atoms with E-state index >= 15 is 0 Å². The number of hydrogen-bond donors (Lipinski definition) is 1. The minimum absolute atomic E-state index is 0.281. The number of carbonyl (C=O) groups excluding carboxylic acids is 1. The van der Waals surface area contributed by atoms with Gasteiger partial charge >= 0.3 is 0 Å².